The molecular formula is C37H38IrN2-2. The smallest absolute Gasteiger partial charge is 0.0383 e. The zero-order valence-electron chi connectivity index (χ0n) is 32.0. The largest absolute Gasteiger partial charge is 0.305 e. The Morgan fingerprint density at radius 2 is 1.60 bits per heavy atom. The molecule has 0 N–H and O–H groups in total. The number of hydrogen-bond acceptors (Lipinski definition) is 2. The minimum atomic E-state index is -2.18. The van der Waals surface area contributed by atoms with Gasteiger partial charge >= 0.3 is 0 Å². The Hall–Kier alpha value is -3.39. The molecule has 0 spiro atoms. The zero-order valence-corrected chi connectivity index (χ0v) is 25.4. The Morgan fingerprint density at radius 3 is 2.25 bits per heavy atom. The summed E-state index contributed by atoms with van der Waals surface area (Å²) < 4.78 is 69.6. The van der Waals surface area contributed by atoms with E-state index in [2.05, 4.69) is 22.1 Å². The molecule has 0 saturated carbocycles. The molecule has 40 heavy (non-hydrogen) atoms. The number of aryl methyl sites for hydroxylation is 2. The average molecular weight is 712 g/mol. The summed E-state index contributed by atoms with van der Waals surface area (Å²) in [5.41, 5.74) is 4.79. The topological polar surface area (TPSA) is 25.8 Å². The van der Waals surface area contributed by atoms with E-state index in [1.807, 2.05) is 76.2 Å². The molecule has 0 aliphatic carbocycles. The normalized spacial score (nSPS) is 16.6. The van der Waals surface area contributed by atoms with Crippen LogP contribution in [0, 0.1) is 31.3 Å². The van der Waals surface area contributed by atoms with Crippen molar-refractivity contribution in [3.05, 3.63) is 143 Å². The van der Waals surface area contributed by atoms with Gasteiger partial charge in [0.2, 0.25) is 0 Å². The van der Waals surface area contributed by atoms with Crippen molar-refractivity contribution < 1.29 is 32.4 Å². The molecule has 1 unspecified atom stereocenters. The number of hydrogen-bond donors (Lipinski definition) is 0. The van der Waals surface area contributed by atoms with E-state index in [9.17, 15) is 0 Å². The molecule has 3 aromatic carbocycles. The minimum absolute atomic E-state index is 0. The van der Waals surface area contributed by atoms with Crippen LogP contribution in [0.3, 0.4) is 0 Å². The van der Waals surface area contributed by atoms with Crippen LogP contribution in [0.25, 0.3) is 22.5 Å². The van der Waals surface area contributed by atoms with E-state index in [4.69, 9.17) is 12.3 Å². The van der Waals surface area contributed by atoms with Gasteiger partial charge in [-0.2, -0.15) is 0 Å². The van der Waals surface area contributed by atoms with Crippen LogP contribution in [0.1, 0.15) is 73.7 Å². The van der Waals surface area contributed by atoms with Gasteiger partial charge in [-0.05, 0) is 53.1 Å². The Balaban J connectivity index is 0.000000274. The molecule has 3 heteroatoms. The summed E-state index contributed by atoms with van der Waals surface area (Å²) in [5.74, 6) is -0.900. The molecule has 0 bridgehead atoms. The SMILES string of the molecule is [2H]C(C)(c1ccccc1)c1cc[c-]c(-c2cc(C([2H])([2H])C(C)(C)C)ccn2)c1.[2H]C([2H])([2H])c1c[c-]c(-c2ccc(C([2H])([2H])[2H])cn2)cc1.[Ir]. The fraction of sp³-hybridized carbons (Fsp3) is 0.243. The van der Waals surface area contributed by atoms with Crippen LogP contribution in [-0.4, -0.2) is 9.97 Å². The summed E-state index contributed by atoms with van der Waals surface area (Å²) in [7, 11) is 0. The van der Waals surface area contributed by atoms with E-state index in [0.29, 0.717) is 22.5 Å². The quantitative estimate of drug-likeness (QED) is 0.170. The summed E-state index contributed by atoms with van der Waals surface area (Å²) in [6.45, 7) is 3.22. The van der Waals surface area contributed by atoms with E-state index in [-0.39, 0.29) is 31.2 Å². The van der Waals surface area contributed by atoms with Crippen molar-refractivity contribution >= 4 is 0 Å². The summed E-state index contributed by atoms with van der Waals surface area (Å²) >= 11 is 0. The molecule has 2 heterocycles. The maximum atomic E-state index is 8.90. The number of nitrogens with zero attached hydrogens (tertiary/aromatic N) is 2. The van der Waals surface area contributed by atoms with Gasteiger partial charge in [-0.15, -0.1) is 70.8 Å². The molecule has 0 fully saturated rings. The van der Waals surface area contributed by atoms with Crippen LogP contribution in [0.4, 0.5) is 0 Å². The van der Waals surface area contributed by atoms with Crippen LogP contribution in [0.2, 0.25) is 0 Å². The van der Waals surface area contributed by atoms with Crippen LogP contribution in [0.15, 0.2) is 103 Å². The van der Waals surface area contributed by atoms with Crippen LogP contribution in [0.5, 0.6) is 0 Å². The van der Waals surface area contributed by atoms with Gasteiger partial charge in [0.25, 0.3) is 0 Å². The van der Waals surface area contributed by atoms with E-state index < -0.39 is 31.4 Å². The van der Waals surface area contributed by atoms with E-state index in [0.717, 1.165) is 16.7 Å². The van der Waals surface area contributed by atoms with Crippen LogP contribution in [-0.2, 0) is 26.5 Å². The predicted molar refractivity (Wildman–Crippen MR) is 164 cm³/mol. The second-order valence-electron chi connectivity index (χ2n) is 10.2. The van der Waals surface area contributed by atoms with Gasteiger partial charge in [0.15, 0.2) is 0 Å². The summed E-state index contributed by atoms with van der Waals surface area (Å²) in [6.07, 6.45) is 1.45. The minimum Gasteiger partial charge on any atom is -0.305 e. The Labute approximate surface area is 267 Å². The number of aromatic nitrogens is 2. The molecule has 1 radical (unpaired) electrons. The van der Waals surface area contributed by atoms with Gasteiger partial charge in [-0.3, -0.25) is 0 Å². The molecule has 1 atom stereocenters. The molecule has 207 valence electrons. The van der Waals surface area contributed by atoms with Gasteiger partial charge in [0.1, 0.15) is 0 Å². The van der Waals surface area contributed by atoms with Crippen molar-refractivity contribution in [1.29, 1.82) is 0 Å². The first-order chi connectivity index (χ1) is 22.2. The van der Waals surface area contributed by atoms with Crippen molar-refractivity contribution in [3.8, 4) is 22.5 Å². The third-order valence-corrected chi connectivity index (χ3v) is 5.85. The molecule has 5 rings (SSSR count). The number of rotatable bonds is 5. The van der Waals surface area contributed by atoms with Crippen molar-refractivity contribution in [2.75, 3.05) is 0 Å². The van der Waals surface area contributed by atoms with Crippen LogP contribution < -0.4 is 0 Å². The van der Waals surface area contributed by atoms with Crippen molar-refractivity contribution in [3.63, 3.8) is 0 Å². The molecular weight excluding hydrogens is 665 g/mol. The van der Waals surface area contributed by atoms with E-state index in [1.165, 1.54) is 24.4 Å². The van der Waals surface area contributed by atoms with Crippen molar-refractivity contribution in [1.82, 2.24) is 9.97 Å². The van der Waals surface area contributed by atoms with Gasteiger partial charge in [0.05, 0.1) is 0 Å². The summed E-state index contributed by atoms with van der Waals surface area (Å²) in [6, 6.07) is 32.6. The fourth-order valence-electron chi connectivity index (χ4n) is 3.93. The Bertz CT molecular complexity index is 1760. The molecule has 0 aliphatic heterocycles. The second kappa shape index (κ2) is 14.3. The van der Waals surface area contributed by atoms with Crippen molar-refractivity contribution in [2.45, 2.75) is 53.7 Å². The first-order valence-electron chi connectivity index (χ1n) is 17.2. The third kappa shape index (κ3) is 9.08. The summed E-state index contributed by atoms with van der Waals surface area (Å²) in [4.78, 5) is 8.52. The number of pyridine rings is 2. The zero-order chi connectivity index (χ0) is 35.5. The monoisotopic (exact) mass is 712 g/mol. The van der Waals surface area contributed by atoms with Gasteiger partial charge in [-0.25, -0.2) is 0 Å². The summed E-state index contributed by atoms with van der Waals surface area (Å²) in [5, 5.41) is 0. The molecule has 5 aromatic rings. The first kappa shape index (κ1) is 20.5. The second-order valence-corrected chi connectivity index (χ2v) is 10.2. The third-order valence-electron chi connectivity index (χ3n) is 5.85. The molecule has 0 amide bonds. The van der Waals surface area contributed by atoms with E-state index in [1.54, 1.807) is 30.5 Å². The molecule has 0 aliphatic rings. The fourth-order valence-corrected chi connectivity index (χ4v) is 3.93. The standard InChI is InChI=1S/C24H26N.C13H12N.Ir/c1-18(20-9-6-5-7-10-20)21-11-8-12-22(16-21)23-15-19(13-14-25-23)17-24(2,3)4;1-10-3-6-12(7-4-10)13-8-5-11(2)9-14-13;/h5-11,13-16,18H,17H2,1-4H3;3-6,8-9H,1-2H3;/q2*-1;/i17D2,18D;1D3,2D3;. The van der Waals surface area contributed by atoms with Gasteiger partial charge in [0, 0.05) is 44.8 Å². The maximum absolute atomic E-state index is 8.90. The number of benzene rings is 3. The van der Waals surface area contributed by atoms with Gasteiger partial charge in [-0.1, -0.05) is 88.6 Å². The average Bonchev–Trinajstić information content (AvgIpc) is 3.04. The molecule has 0 saturated heterocycles. The Morgan fingerprint density at radius 1 is 0.825 bits per heavy atom. The van der Waals surface area contributed by atoms with Crippen LogP contribution >= 0.6 is 0 Å². The van der Waals surface area contributed by atoms with Gasteiger partial charge < -0.3 is 9.97 Å². The first-order valence-corrected chi connectivity index (χ1v) is 12.7. The van der Waals surface area contributed by atoms with E-state index >= 15 is 0 Å². The predicted octanol–water partition coefficient (Wildman–Crippen LogP) is 9.45. The maximum Gasteiger partial charge on any atom is 0.0383 e. The Kier molecular flexibility index (Phi) is 7.32. The molecule has 2 aromatic heterocycles. The molecule has 2 nitrogen and oxygen atoms in total. The van der Waals surface area contributed by atoms with Crippen molar-refractivity contribution in [2.24, 2.45) is 5.41 Å².